The van der Waals surface area contributed by atoms with Crippen LogP contribution in [0.5, 0.6) is 0 Å². The molecule has 0 aliphatic heterocycles. The van der Waals surface area contributed by atoms with Crippen LogP contribution in [0.3, 0.4) is 0 Å². The van der Waals surface area contributed by atoms with Crippen LogP contribution in [0.4, 0.5) is 0 Å². The summed E-state index contributed by atoms with van der Waals surface area (Å²) in [6, 6.07) is 1.71. The molecule has 0 atom stereocenters. The van der Waals surface area contributed by atoms with Crippen LogP contribution in [-0.4, -0.2) is 41.8 Å². The van der Waals surface area contributed by atoms with Crippen LogP contribution < -0.4 is 5.32 Å². The molecule has 1 amide bonds. The van der Waals surface area contributed by atoms with Crippen molar-refractivity contribution in [2.75, 3.05) is 0 Å². The topological polar surface area (TPSA) is 115 Å². The Morgan fingerprint density at radius 2 is 2.19 bits per heavy atom. The van der Waals surface area contributed by atoms with Gasteiger partial charge in [-0.15, -0.1) is 5.10 Å². The third kappa shape index (κ3) is 3.65. The third-order valence-electron chi connectivity index (χ3n) is 2.75. The highest BCUT2D eigenvalue weighted by Gasteiger charge is 2.13. The zero-order valence-electron chi connectivity index (χ0n) is 11.8. The van der Waals surface area contributed by atoms with Gasteiger partial charge in [-0.1, -0.05) is 5.21 Å². The minimum absolute atomic E-state index is 0.173. The van der Waals surface area contributed by atoms with Crippen molar-refractivity contribution in [1.82, 2.24) is 30.1 Å². The minimum Gasteiger partial charge on any atom is -0.480 e. The molecule has 112 valence electrons. The SMILES string of the molecule is CCn1nc(C)cc1C(=O)NCc1cn(CC(=O)O)nn1. The van der Waals surface area contributed by atoms with Crippen LogP contribution in [0, 0.1) is 6.92 Å². The largest absolute Gasteiger partial charge is 0.480 e. The number of carbonyl (C=O) groups excluding carboxylic acids is 1. The number of carboxylic acids is 1. The van der Waals surface area contributed by atoms with Gasteiger partial charge in [0.2, 0.25) is 0 Å². The molecular weight excluding hydrogens is 276 g/mol. The first-order valence-electron chi connectivity index (χ1n) is 6.43. The zero-order chi connectivity index (χ0) is 15.4. The van der Waals surface area contributed by atoms with E-state index in [4.69, 9.17) is 5.11 Å². The van der Waals surface area contributed by atoms with Crippen molar-refractivity contribution in [3.63, 3.8) is 0 Å². The molecule has 21 heavy (non-hydrogen) atoms. The first kappa shape index (κ1) is 14.7. The lowest BCUT2D eigenvalue weighted by atomic mass is 10.3. The van der Waals surface area contributed by atoms with Gasteiger partial charge in [-0.2, -0.15) is 5.10 Å². The summed E-state index contributed by atoms with van der Waals surface area (Å²) in [5.41, 5.74) is 1.74. The number of amides is 1. The Morgan fingerprint density at radius 3 is 2.86 bits per heavy atom. The van der Waals surface area contributed by atoms with Crippen molar-refractivity contribution in [3.05, 3.63) is 29.3 Å². The summed E-state index contributed by atoms with van der Waals surface area (Å²) in [5.74, 6) is -1.26. The van der Waals surface area contributed by atoms with Gasteiger partial charge in [0.15, 0.2) is 0 Å². The molecule has 0 spiro atoms. The second-order valence-electron chi connectivity index (χ2n) is 4.47. The molecule has 0 aliphatic rings. The van der Waals surface area contributed by atoms with Crippen LogP contribution >= 0.6 is 0 Å². The van der Waals surface area contributed by atoms with Gasteiger partial charge in [-0.05, 0) is 19.9 Å². The predicted octanol–water partition coefficient (Wildman–Crippen LogP) is -0.182. The maximum absolute atomic E-state index is 12.1. The summed E-state index contributed by atoms with van der Waals surface area (Å²) in [7, 11) is 0. The molecule has 0 fully saturated rings. The number of rotatable bonds is 6. The summed E-state index contributed by atoms with van der Waals surface area (Å²) >= 11 is 0. The average Bonchev–Trinajstić information content (AvgIpc) is 3.01. The Balaban J connectivity index is 1.97. The quantitative estimate of drug-likeness (QED) is 0.763. The average molecular weight is 292 g/mol. The van der Waals surface area contributed by atoms with Gasteiger partial charge in [0.25, 0.3) is 5.91 Å². The highest BCUT2D eigenvalue weighted by Crippen LogP contribution is 2.04. The Bertz CT molecular complexity index is 660. The van der Waals surface area contributed by atoms with E-state index in [2.05, 4.69) is 20.7 Å². The molecule has 0 unspecified atom stereocenters. The van der Waals surface area contributed by atoms with E-state index in [0.29, 0.717) is 17.9 Å². The smallest absolute Gasteiger partial charge is 0.325 e. The maximum atomic E-state index is 12.1. The van der Waals surface area contributed by atoms with Crippen molar-refractivity contribution in [1.29, 1.82) is 0 Å². The highest BCUT2D eigenvalue weighted by molar-refractivity contribution is 5.92. The molecule has 9 heteroatoms. The molecule has 0 saturated carbocycles. The summed E-state index contributed by atoms with van der Waals surface area (Å²) in [6.45, 7) is 4.24. The molecule has 2 aromatic heterocycles. The molecule has 2 aromatic rings. The van der Waals surface area contributed by atoms with Crippen LogP contribution in [0.15, 0.2) is 12.3 Å². The van der Waals surface area contributed by atoms with E-state index in [-0.39, 0.29) is 19.0 Å². The minimum atomic E-state index is -1.00. The van der Waals surface area contributed by atoms with Crippen LogP contribution in [0.25, 0.3) is 0 Å². The number of nitrogens with zero attached hydrogens (tertiary/aromatic N) is 5. The number of nitrogens with one attached hydrogen (secondary N) is 1. The molecular formula is C12H16N6O3. The van der Waals surface area contributed by atoms with E-state index >= 15 is 0 Å². The monoisotopic (exact) mass is 292 g/mol. The Kier molecular flexibility index (Phi) is 4.31. The molecule has 0 bridgehead atoms. The van der Waals surface area contributed by atoms with Crippen molar-refractivity contribution in [2.45, 2.75) is 33.5 Å². The Labute approximate surface area is 120 Å². The van der Waals surface area contributed by atoms with Gasteiger partial charge < -0.3 is 10.4 Å². The number of carboxylic acid groups (broad SMARTS) is 1. The summed E-state index contributed by atoms with van der Waals surface area (Å²) < 4.78 is 2.82. The lowest BCUT2D eigenvalue weighted by Gasteiger charge is -2.04. The van der Waals surface area contributed by atoms with Gasteiger partial charge in [0.05, 0.1) is 18.4 Å². The molecule has 2 rings (SSSR count). The van der Waals surface area contributed by atoms with E-state index in [1.165, 1.54) is 10.9 Å². The zero-order valence-corrected chi connectivity index (χ0v) is 11.8. The van der Waals surface area contributed by atoms with E-state index in [9.17, 15) is 9.59 Å². The number of aromatic nitrogens is 5. The lowest BCUT2D eigenvalue weighted by molar-refractivity contribution is -0.137. The molecule has 0 aliphatic carbocycles. The number of hydrogen-bond donors (Lipinski definition) is 2. The fraction of sp³-hybridized carbons (Fsp3) is 0.417. The fourth-order valence-corrected chi connectivity index (χ4v) is 1.87. The number of aliphatic carboxylic acids is 1. The second-order valence-corrected chi connectivity index (χ2v) is 4.47. The summed E-state index contributed by atoms with van der Waals surface area (Å²) in [5, 5.41) is 23.0. The molecule has 0 saturated heterocycles. The third-order valence-corrected chi connectivity index (χ3v) is 2.75. The van der Waals surface area contributed by atoms with Crippen LogP contribution in [0.1, 0.15) is 28.8 Å². The van der Waals surface area contributed by atoms with Gasteiger partial charge in [0, 0.05) is 6.54 Å². The Hall–Kier alpha value is -2.71. The molecule has 9 nitrogen and oxygen atoms in total. The number of carbonyl (C=O) groups is 2. The molecule has 2 heterocycles. The highest BCUT2D eigenvalue weighted by atomic mass is 16.4. The van der Waals surface area contributed by atoms with E-state index in [1.54, 1.807) is 10.7 Å². The van der Waals surface area contributed by atoms with Crippen LogP contribution in [-0.2, 0) is 24.4 Å². The van der Waals surface area contributed by atoms with Gasteiger partial charge in [-0.3, -0.25) is 14.3 Å². The van der Waals surface area contributed by atoms with Crippen molar-refractivity contribution in [3.8, 4) is 0 Å². The van der Waals surface area contributed by atoms with Gasteiger partial charge >= 0.3 is 5.97 Å². The van der Waals surface area contributed by atoms with Crippen LogP contribution in [0.2, 0.25) is 0 Å². The van der Waals surface area contributed by atoms with E-state index in [0.717, 1.165) is 5.69 Å². The number of hydrogen-bond acceptors (Lipinski definition) is 5. The van der Waals surface area contributed by atoms with Crippen molar-refractivity contribution in [2.24, 2.45) is 0 Å². The summed E-state index contributed by atoms with van der Waals surface area (Å²) in [6.07, 6.45) is 1.48. The van der Waals surface area contributed by atoms with E-state index in [1.807, 2.05) is 13.8 Å². The molecule has 0 radical (unpaired) electrons. The van der Waals surface area contributed by atoms with Crippen molar-refractivity contribution < 1.29 is 14.7 Å². The maximum Gasteiger partial charge on any atom is 0.325 e. The van der Waals surface area contributed by atoms with E-state index < -0.39 is 5.97 Å². The Morgan fingerprint density at radius 1 is 1.43 bits per heavy atom. The summed E-state index contributed by atoms with van der Waals surface area (Å²) in [4.78, 5) is 22.6. The standard InChI is InChI=1S/C12H16N6O3/c1-3-18-10(4-8(2)15-18)12(21)13-5-9-6-17(16-14-9)7-11(19)20/h4,6H,3,5,7H2,1-2H3,(H,13,21)(H,19,20). The molecule has 0 aromatic carbocycles. The molecule has 2 N–H and O–H groups in total. The second kappa shape index (κ2) is 6.16. The first-order valence-corrected chi connectivity index (χ1v) is 6.43. The predicted molar refractivity (Wildman–Crippen MR) is 71.5 cm³/mol. The first-order chi connectivity index (χ1) is 9.99. The van der Waals surface area contributed by atoms with Gasteiger partial charge in [-0.25, -0.2) is 4.68 Å². The lowest BCUT2D eigenvalue weighted by Crippen LogP contribution is -2.25. The fourth-order valence-electron chi connectivity index (χ4n) is 1.87. The van der Waals surface area contributed by atoms with Gasteiger partial charge in [0.1, 0.15) is 17.9 Å². The normalized spacial score (nSPS) is 10.6. The van der Waals surface area contributed by atoms with Crippen molar-refractivity contribution >= 4 is 11.9 Å². The number of aryl methyl sites for hydroxylation is 2.